The Kier molecular flexibility index (Phi) is 6.40. The standard InChI is InChI=1S/C24H19FN4O4/c1-32-22-12-16(6-11-21(22)33-24(31)17-7-9-18(25)10-8-17)13-27-28-23(30)14-29-15-26-19-4-2-3-5-20(19)29/h2-13,15H,14H2,1H3,(H,28,30)/b27-13+. The molecule has 4 rings (SSSR count). The average Bonchev–Trinajstić information content (AvgIpc) is 3.23. The molecule has 1 aromatic heterocycles. The Morgan fingerprint density at radius 1 is 1.09 bits per heavy atom. The van der Waals surface area contributed by atoms with Gasteiger partial charge in [-0.15, -0.1) is 0 Å². The summed E-state index contributed by atoms with van der Waals surface area (Å²) in [7, 11) is 1.43. The summed E-state index contributed by atoms with van der Waals surface area (Å²) in [5.41, 5.74) is 4.95. The van der Waals surface area contributed by atoms with E-state index in [1.165, 1.54) is 37.6 Å². The molecule has 0 aliphatic rings. The molecule has 0 aliphatic carbocycles. The van der Waals surface area contributed by atoms with Crippen molar-refractivity contribution in [1.82, 2.24) is 15.0 Å². The summed E-state index contributed by atoms with van der Waals surface area (Å²) in [6, 6.07) is 17.3. The van der Waals surface area contributed by atoms with E-state index in [9.17, 15) is 14.0 Å². The minimum Gasteiger partial charge on any atom is -0.493 e. The normalized spacial score (nSPS) is 11.0. The Hall–Kier alpha value is -4.53. The molecule has 0 fully saturated rings. The van der Waals surface area contributed by atoms with Gasteiger partial charge in [0.15, 0.2) is 11.5 Å². The lowest BCUT2D eigenvalue weighted by Gasteiger charge is -2.10. The summed E-state index contributed by atoms with van der Waals surface area (Å²) in [5.74, 6) is -0.913. The number of carbonyl (C=O) groups is 2. The molecule has 4 aromatic rings. The molecule has 1 amide bonds. The van der Waals surface area contributed by atoms with Gasteiger partial charge in [0.2, 0.25) is 0 Å². The van der Waals surface area contributed by atoms with Gasteiger partial charge in [-0.2, -0.15) is 5.10 Å². The molecule has 0 unspecified atom stereocenters. The summed E-state index contributed by atoms with van der Waals surface area (Å²) in [4.78, 5) is 28.7. The number of amides is 1. The first kappa shape index (κ1) is 21.7. The quantitative estimate of drug-likeness (QED) is 0.203. The van der Waals surface area contributed by atoms with Crippen LogP contribution in [0.25, 0.3) is 11.0 Å². The number of methoxy groups -OCH3 is 1. The number of hydrogen-bond acceptors (Lipinski definition) is 6. The Morgan fingerprint density at radius 2 is 1.88 bits per heavy atom. The zero-order valence-electron chi connectivity index (χ0n) is 17.6. The van der Waals surface area contributed by atoms with E-state index >= 15 is 0 Å². The summed E-state index contributed by atoms with van der Waals surface area (Å²) >= 11 is 0. The molecule has 8 nitrogen and oxygen atoms in total. The number of rotatable bonds is 7. The van der Waals surface area contributed by atoms with Crippen LogP contribution in [0.5, 0.6) is 11.5 Å². The Morgan fingerprint density at radius 3 is 2.67 bits per heavy atom. The largest absolute Gasteiger partial charge is 0.493 e. The van der Waals surface area contributed by atoms with Gasteiger partial charge in [0.25, 0.3) is 5.91 Å². The number of nitrogens with zero attached hydrogens (tertiary/aromatic N) is 3. The number of esters is 1. The van der Waals surface area contributed by atoms with E-state index in [1.54, 1.807) is 29.1 Å². The number of hydrogen-bond donors (Lipinski definition) is 1. The third-order valence-corrected chi connectivity index (χ3v) is 4.71. The van der Waals surface area contributed by atoms with E-state index in [0.717, 1.165) is 11.0 Å². The molecule has 0 radical (unpaired) electrons. The van der Waals surface area contributed by atoms with Gasteiger partial charge in [-0.25, -0.2) is 19.6 Å². The maximum Gasteiger partial charge on any atom is 0.343 e. The van der Waals surface area contributed by atoms with Gasteiger partial charge >= 0.3 is 5.97 Å². The first-order chi connectivity index (χ1) is 16.0. The van der Waals surface area contributed by atoms with E-state index in [2.05, 4.69) is 15.5 Å². The van der Waals surface area contributed by atoms with Crippen LogP contribution in [0, 0.1) is 5.82 Å². The lowest BCUT2D eigenvalue weighted by molar-refractivity contribution is -0.121. The molecular formula is C24H19FN4O4. The molecule has 0 atom stereocenters. The number of ether oxygens (including phenoxy) is 2. The second-order valence-electron chi connectivity index (χ2n) is 6.96. The van der Waals surface area contributed by atoms with Gasteiger partial charge in [0, 0.05) is 0 Å². The van der Waals surface area contributed by atoms with E-state index in [0.29, 0.717) is 11.3 Å². The minimum atomic E-state index is -0.644. The van der Waals surface area contributed by atoms with Crippen LogP contribution in [0.1, 0.15) is 15.9 Å². The summed E-state index contributed by atoms with van der Waals surface area (Å²) in [6.07, 6.45) is 3.04. The smallest absolute Gasteiger partial charge is 0.343 e. The minimum absolute atomic E-state index is 0.0689. The maximum absolute atomic E-state index is 13.0. The molecule has 1 N–H and O–H groups in total. The predicted octanol–water partition coefficient (Wildman–Crippen LogP) is 3.55. The van der Waals surface area contributed by atoms with Crippen LogP contribution in [0.4, 0.5) is 4.39 Å². The molecule has 1 heterocycles. The van der Waals surface area contributed by atoms with Gasteiger partial charge in [-0.1, -0.05) is 12.1 Å². The van der Waals surface area contributed by atoms with Gasteiger partial charge in [-0.05, 0) is 60.2 Å². The van der Waals surface area contributed by atoms with Crippen molar-refractivity contribution in [3.63, 3.8) is 0 Å². The zero-order chi connectivity index (χ0) is 23.2. The number of nitrogens with one attached hydrogen (secondary N) is 1. The topological polar surface area (TPSA) is 94.8 Å². The van der Waals surface area contributed by atoms with Crippen LogP contribution < -0.4 is 14.9 Å². The average molecular weight is 446 g/mol. The highest BCUT2D eigenvalue weighted by Gasteiger charge is 2.13. The van der Waals surface area contributed by atoms with Crippen molar-refractivity contribution < 1.29 is 23.5 Å². The third kappa shape index (κ3) is 5.21. The fraction of sp³-hybridized carbons (Fsp3) is 0.0833. The highest BCUT2D eigenvalue weighted by molar-refractivity contribution is 5.91. The number of aromatic nitrogens is 2. The van der Waals surface area contributed by atoms with Crippen molar-refractivity contribution in [3.8, 4) is 11.5 Å². The highest BCUT2D eigenvalue weighted by Crippen LogP contribution is 2.28. The van der Waals surface area contributed by atoms with Crippen molar-refractivity contribution >= 4 is 29.1 Å². The van der Waals surface area contributed by atoms with Gasteiger partial charge in [-0.3, -0.25) is 4.79 Å². The Balaban J connectivity index is 1.38. The number of halogens is 1. The third-order valence-electron chi connectivity index (χ3n) is 4.71. The van der Waals surface area contributed by atoms with E-state index in [-0.39, 0.29) is 23.8 Å². The second-order valence-corrected chi connectivity index (χ2v) is 6.96. The van der Waals surface area contributed by atoms with Crippen molar-refractivity contribution in [2.24, 2.45) is 5.10 Å². The molecular weight excluding hydrogens is 427 g/mol. The van der Waals surface area contributed by atoms with Crippen molar-refractivity contribution in [2.45, 2.75) is 6.54 Å². The first-order valence-electron chi connectivity index (χ1n) is 9.91. The fourth-order valence-corrected chi connectivity index (χ4v) is 3.10. The molecule has 0 spiro atoms. The predicted molar refractivity (Wildman–Crippen MR) is 120 cm³/mol. The molecule has 0 aliphatic heterocycles. The van der Waals surface area contributed by atoms with Crippen LogP contribution in [-0.4, -0.2) is 34.8 Å². The summed E-state index contributed by atoms with van der Waals surface area (Å²) in [5, 5.41) is 3.97. The summed E-state index contributed by atoms with van der Waals surface area (Å²) in [6.45, 7) is 0.0689. The first-order valence-corrected chi connectivity index (χ1v) is 9.91. The van der Waals surface area contributed by atoms with Crippen molar-refractivity contribution in [1.29, 1.82) is 0 Å². The van der Waals surface area contributed by atoms with Crippen molar-refractivity contribution in [3.05, 3.63) is 90.0 Å². The fourth-order valence-electron chi connectivity index (χ4n) is 3.10. The van der Waals surface area contributed by atoms with Crippen LogP contribution in [-0.2, 0) is 11.3 Å². The number of imidazole rings is 1. The Labute approximate surface area is 188 Å². The van der Waals surface area contributed by atoms with Gasteiger partial charge in [0.05, 0.1) is 36.2 Å². The summed E-state index contributed by atoms with van der Waals surface area (Å²) < 4.78 is 25.4. The lowest BCUT2D eigenvalue weighted by atomic mass is 10.2. The molecule has 166 valence electrons. The molecule has 0 saturated carbocycles. The Bertz CT molecular complexity index is 1330. The molecule has 3 aromatic carbocycles. The monoisotopic (exact) mass is 446 g/mol. The molecule has 0 bridgehead atoms. The highest BCUT2D eigenvalue weighted by atomic mass is 19.1. The van der Waals surface area contributed by atoms with Gasteiger partial charge < -0.3 is 14.0 Å². The SMILES string of the molecule is COc1cc(/C=N/NC(=O)Cn2cnc3ccccc32)ccc1OC(=O)c1ccc(F)cc1. The van der Waals surface area contributed by atoms with Crippen LogP contribution in [0.15, 0.2) is 78.2 Å². The maximum atomic E-state index is 13.0. The number of fused-ring (bicyclic) bond motifs is 1. The lowest BCUT2D eigenvalue weighted by Crippen LogP contribution is -2.22. The van der Waals surface area contributed by atoms with Crippen molar-refractivity contribution in [2.75, 3.05) is 7.11 Å². The number of benzene rings is 3. The molecule has 9 heteroatoms. The molecule has 0 saturated heterocycles. The zero-order valence-corrected chi connectivity index (χ0v) is 17.6. The second kappa shape index (κ2) is 9.73. The number of carbonyl (C=O) groups excluding carboxylic acids is 2. The van der Waals surface area contributed by atoms with Crippen LogP contribution in [0.2, 0.25) is 0 Å². The number of para-hydroxylation sites is 2. The van der Waals surface area contributed by atoms with Gasteiger partial charge in [0.1, 0.15) is 12.4 Å². The number of hydrazone groups is 1. The van der Waals surface area contributed by atoms with Crippen LogP contribution in [0.3, 0.4) is 0 Å². The van der Waals surface area contributed by atoms with E-state index < -0.39 is 11.8 Å². The molecule has 33 heavy (non-hydrogen) atoms. The van der Waals surface area contributed by atoms with E-state index in [4.69, 9.17) is 9.47 Å². The van der Waals surface area contributed by atoms with Crippen LogP contribution >= 0.6 is 0 Å². The van der Waals surface area contributed by atoms with E-state index in [1.807, 2.05) is 24.3 Å².